The van der Waals surface area contributed by atoms with Crippen molar-refractivity contribution < 1.29 is 4.42 Å². The molecule has 1 aliphatic rings. The largest absolute Gasteiger partial charge is 0.456 e. The highest BCUT2D eigenvalue weighted by atomic mass is 16.3. The molecule has 8 aromatic carbocycles. The summed E-state index contributed by atoms with van der Waals surface area (Å²) < 4.78 is 13.8. The summed E-state index contributed by atoms with van der Waals surface area (Å²) in [5.41, 5.74) is 15.9. The number of allylic oxidation sites excluding steroid dienone is 4. The van der Waals surface area contributed by atoms with Crippen LogP contribution in [-0.4, -0.2) is 18.7 Å². The standard InChI is InChI=1S/C59H42N4O/c1-37-24-27-45(38(2)58(37)61-31-30-60-59(61)39-14-4-3-5-15-39)41-26-29-57-51(35-41)50-34-40(25-28-56(50)64-57)42-32-43(62-52-20-10-6-16-46(52)47-17-7-11-21-53(47)62)36-44(33-42)63-54-22-12-8-18-48(54)49-19-9-13-23-55(49)63/h3-36,38,58H,1-2H3. The van der Waals surface area contributed by atoms with E-state index in [2.05, 4.69) is 228 Å². The first-order chi connectivity index (χ1) is 31.6. The number of para-hydroxylation sites is 4. The molecular weight excluding hydrogens is 781 g/mol. The number of rotatable bonds is 6. The number of nitrogens with zero attached hydrogens (tertiary/aromatic N) is 4. The molecule has 0 spiro atoms. The molecule has 4 heterocycles. The molecule has 12 aromatic rings. The Morgan fingerprint density at radius 1 is 0.453 bits per heavy atom. The molecule has 13 rings (SSSR count). The van der Waals surface area contributed by atoms with Crippen LogP contribution in [0.4, 0.5) is 0 Å². The molecule has 0 N–H and O–H groups in total. The van der Waals surface area contributed by atoms with E-state index in [0.29, 0.717) is 0 Å². The summed E-state index contributed by atoms with van der Waals surface area (Å²) in [6.45, 7) is 4.58. The lowest BCUT2D eigenvalue weighted by Gasteiger charge is -2.32. The van der Waals surface area contributed by atoms with E-state index in [9.17, 15) is 0 Å². The van der Waals surface area contributed by atoms with Crippen LogP contribution >= 0.6 is 0 Å². The summed E-state index contributed by atoms with van der Waals surface area (Å²) in [5.74, 6) is 1.19. The van der Waals surface area contributed by atoms with Crippen LogP contribution in [-0.2, 0) is 0 Å². The maximum atomic E-state index is 6.58. The van der Waals surface area contributed by atoms with E-state index in [0.717, 1.165) is 55.8 Å². The second-order valence-corrected chi connectivity index (χ2v) is 17.3. The van der Waals surface area contributed by atoms with Crippen molar-refractivity contribution in [3.8, 4) is 33.9 Å². The van der Waals surface area contributed by atoms with Gasteiger partial charge in [0.15, 0.2) is 0 Å². The predicted octanol–water partition coefficient (Wildman–Crippen LogP) is 15.5. The minimum atomic E-state index is 0.131. The van der Waals surface area contributed by atoms with Crippen molar-refractivity contribution in [2.75, 3.05) is 0 Å². The summed E-state index contributed by atoms with van der Waals surface area (Å²) in [4.78, 5) is 4.82. The molecule has 0 saturated heterocycles. The maximum absolute atomic E-state index is 6.58. The minimum absolute atomic E-state index is 0.131. The first-order valence-corrected chi connectivity index (χ1v) is 22.1. The third-order valence-corrected chi connectivity index (χ3v) is 13.7. The zero-order valence-corrected chi connectivity index (χ0v) is 35.5. The second kappa shape index (κ2) is 14.2. The Morgan fingerprint density at radius 2 is 0.953 bits per heavy atom. The van der Waals surface area contributed by atoms with E-state index in [1.807, 2.05) is 6.20 Å². The molecule has 5 nitrogen and oxygen atoms in total. The second-order valence-electron chi connectivity index (χ2n) is 17.3. The Hall–Kier alpha value is -8.15. The maximum Gasteiger partial charge on any atom is 0.140 e. The zero-order chi connectivity index (χ0) is 42.5. The monoisotopic (exact) mass is 822 g/mol. The van der Waals surface area contributed by atoms with Crippen LogP contribution in [0.5, 0.6) is 0 Å². The fourth-order valence-electron chi connectivity index (χ4n) is 10.8. The number of furan rings is 1. The van der Waals surface area contributed by atoms with Crippen molar-refractivity contribution in [1.29, 1.82) is 0 Å². The van der Waals surface area contributed by atoms with Crippen molar-refractivity contribution in [1.82, 2.24) is 18.7 Å². The summed E-state index contributed by atoms with van der Waals surface area (Å²) in [7, 11) is 0. The number of imidazole rings is 1. The van der Waals surface area contributed by atoms with Crippen molar-refractivity contribution in [2.45, 2.75) is 19.9 Å². The van der Waals surface area contributed by atoms with Crippen LogP contribution < -0.4 is 0 Å². The molecule has 0 bridgehead atoms. The molecule has 0 amide bonds. The van der Waals surface area contributed by atoms with E-state index in [-0.39, 0.29) is 12.0 Å². The lowest BCUT2D eigenvalue weighted by Crippen LogP contribution is -2.22. The van der Waals surface area contributed by atoms with E-state index in [1.165, 1.54) is 60.3 Å². The minimum Gasteiger partial charge on any atom is -0.456 e. The van der Waals surface area contributed by atoms with Crippen molar-refractivity contribution in [2.24, 2.45) is 5.92 Å². The van der Waals surface area contributed by atoms with Gasteiger partial charge in [0.2, 0.25) is 0 Å². The van der Waals surface area contributed by atoms with Gasteiger partial charge < -0.3 is 18.1 Å². The van der Waals surface area contributed by atoms with Gasteiger partial charge in [0, 0.05) is 67.6 Å². The number of aromatic nitrogens is 4. The van der Waals surface area contributed by atoms with Gasteiger partial charge in [0.25, 0.3) is 0 Å². The Labute approximate surface area is 370 Å². The van der Waals surface area contributed by atoms with Crippen LogP contribution in [0, 0.1) is 5.92 Å². The summed E-state index contributed by atoms with van der Waals surface area (Å²) in [6.07, 6.45) is 8.64. The summed E-state index contributed by atoms with van der Waals surface area (Å²) >= 11 is 0. The van der Waals surface area contributed by atoms with Gasteiger partial charge in [-0.05, 0) is 101 Å². The Kier molecular flexibility index (Phi) is 8.10. The highest BCUT2D eigenvalue weighted by Crippen LogP contribution is 2.44. The summed E-state index contributed by atoms with van der Waals surface area (Å²) in [6, 6.07) is 66.1. The number of hydrogen-bond donors (Lipinski definition) is 0. The normalized spacial score (nSPS) is 15.5. The Balaban J connectivity index is 0.980. The third-order valence-electron chi connectivity index (χ3n) is 13.7. The highest BCUT2D eigenvalue weighted by molar-refractivity contribution is 6.11. The fraction of sp³-hybridized carbons (Fsp3) is 0.0678. The van der Waals surface area contributed by atoms with Crippen molar-refractivity contribution >= 4 is 71.1 Å². The van der Waals surface area contributed by atoms with Gasteiger partial charge in [-0.25, -0.2) is 4.98 Å². The third kappa shape index (κ3) is 5.53. The van der Waals surface area contributed by atoms with Crippen LogP contribution in [0.1, 0.15) is 25.5 Å². The van der Waals surface area contributed by atoms with E-state index in [1.54, 1.807) is 0 Å². The van der Waals surface area contributed by atoms with Crippen LogP contribution in [0.15, 0.2) is 217 Å². The molecule has 2 unspecified atom stereocenters. The fourth-order valence-corrected chi connectivity index (χ4v) is 10.8. The van der Waals surface area contributed by atoms with Gasteiger partial charge in [-0.1, -0.05) is 134 Å². The molecule has 64 heavy (non-hydrogen) atoms. The highest BCUT2D eigenvalue weighted by Gasteiger charge is 2.30. The van der Waals surface area contributed by atoms with Crippen molar-refractivity contribution in [3.63, 3.8) is 0 Å². The van der Waals surface area contributed by atoms with Gasteiger partial charge in [-0.3, -0.25) is 0 Å². The molecule has 2 atom stereocenters. The van der Waals surface area contributed by atoms with E-state index < -0.39 is 0 Å². The quantitative estimate of drug-likeness (QED) is 0.168. The Bertz CT molecular complexity index is 3650. The first kappa shape index (κ1) is 36.5. The van der Waals surface area contributed by atoms with Crippen LogP contribution in [0.25, 0.3) is 105 Å². The van der Waals surface area contributed by atoms with Gasteiger partial charge in [-0.2, -0.15) is 0 Å². The molecule has 304 valence electrons. The van der Waals surface area contributed by atoms with Gasteiger partial charge in [-0.15, -0.1) is 0 Å². The topological polar surface area (TPSA) is 40.8 Å². The van der Waals surface area contributed by atoms with E-state index in [4.69, 9.17) is 9.40 Å². The Morgan fingerprint density at radius 3 is 1.52 bits per heavy atom. The molecule has 0 saturated carbocycles. The molecule has 4 aromatic heterocycles. The lowest BCUT2D eigenvalue weighted by molar-refractivity contribution is 0.476. The average Bonchev–Trinajstić information content (AvgIpc) is 4.13. The predicted molar refractivity (Wildman–Crippen MR) is 265 cm³/mol. The molecule has 5 heteroatoms. The molecule has 0 fully saturated rings. The molecule has 0 aliphatic heterocycles. The van der Waals surface area contributed by atoms with Crippen LogP contribution in [0.2, 0.25) is 0 Å². The number of benzene rings is 8. The lowest BCUT2D eigenvalue weighted by atomic mass is 9.80. The van der Waals surface area contributed by atoms with Gasteiger partial charge in [0.1, 0.15) is 17.0 Å². The van der Waals surface area contributed by atoms with E-state index >= 15 is 0 Å². The zero-order valence-electron chi connectivity index (χ0n) is 35.5. The van der Waals surface area contributed by atoms with Crippen LogP contribution in [0.3, 0.4) is 0 Å². The smallest absolute Gasteiger partial charge is 0.140 e. The molecule has 1 aliphatic carbocycles. The van der Waals surface area contributed by atoms with Gasteiger partial charge >= 0.3 is 0 Å². The number of fused-ring (bicyclic) bond motifs is 9. The van der Waals surface area contributed by atoms with Crippen molar-refractivity contribution in [3.05, 3.63) is 218 Å². The SMILES string of the molecule is CC1=CC=C(c2ccc3oc4ccc(-c5cc(-n6c7ccccc7c7ccccc76)cc(-n6c7ccccc7c7ccccc76)c5)cc4c3c2)C(C)C1n1ccnc1-c1ccccc1. The van der Waals surface area contributed by atoms with Gasteiger partial charge in [0.05, 0.1) is 28.1 Å². The first-order valence-electron chi connectivity index (χ1n) is 22.1. The summed E-state index contributed by atoms with van der Waals surface area (Å²) in [5, 5.41) is 7.17. The molecule has 0 radical (unpaired) electrons. The average molecular weight is 823 g/mol. The number of hydrogen-bond acceptors (Lipinski definition) is 2. The molecular formula is C59H42N4O.